The van der Waals surface area contributed by atoms with Gasteiger partial charge in [0.05, 0.1) is 17.4 Å². The molecule has 0 aliphatic rings. The Morgan fingerprint density at radius 1 is 1.19 bits per heavy atom. The van der Waals surface area contributed by atoms with E-state index in [4.69, 9.17) is 0 Å². The average Bonchev–Trinajstić information content (AvgIpc) is 3.10. The molecule has 0 bridgehead atoms. The molecule has 2 aromatic heterocycles. The SMILES string of the molecule is Cc1cc2ncn(CCNCCc3ccsc3)c2cc1C. The van der Waals surface area contributed by atoms with Crippen molar-refractivity contribution in [3.05, 3.63) is 52.0 Å². The van der Waals surface area contributed by atoms with Crippen molar-refractivity contribution in [1.82, 2.24) is 14.9 Å². The Hall–Kier alpha value is -1.65. The molecule has 0 unspecified atom stereocenters. The zero-order valence-corrected chi connectivity index (χ0v) is 13.4. The van der Waals surface area contributed by atoms with Gasteiger partial charge in [-0.3, -0.25) is 0 Å². The van der Waals surface area contributed by atoms with Crippen LogP contribution in [0.25, 0.3) is 11.0 Å². The van der Waals surface area contributed by atoms with Gasteiger partial charge in [-0.1, -0.05) is 0 Å². The Balaban J connectivity index is 1.54. The van der Waals surface area contributed by atoms with Crippen molar-refractivity contribution in [2.24, 2.45) is 0 Å². The lowest BCUT2D eigenvalue weighted by molar-refractivity contribution is 0.607. The Bertz CT molecular complexity index is 713. The highest BCUT2D eigenvalue weighted by molar-refractivity contribution is 7.07. The fourth-order valence-corrected chi connectivity index (χ4v) is 3.19. The molecule has 3 aromatic rings. The Morgan fingerprint density at radius 3 is 2.86 bits per heavy atom. The highest BCUT2D eigenvalue weighted by atomic mass is 32.1. The van der Waals surface area contributed by atoms with E-state index in [9.17, 15) is 0 Å². The van der Waals surface area contributed by atoms with Crippen molar-refractivity contribution in [2.75, 3.05) is 13.1 Å². The summed E-state index contributed by atoms with van der Waals surface area (Å²) in [5.74, 6) is 0. The van der Waals surface area contributed by atoms with Gasteiger partial charge in [0.2, 0.25) is 0 Å². The first kappa shape index (κ1) is 14.3. The molecular weight excluding hydrogens is 278 g/mol. The minimum atomic E-state index is 0.961. The number of nitrogens with one attached hydrogen (secondary N) is 1. The number of imidazole rings is 1. The summed E-state index contributed by atoms with van der Waals surface area (Å²) in [6, 6.07) is 6.61. The van der Waals surface area contributed by atoms with Gasteiger partial charge in [0.1, 0.15) is 0 Å². The van der Waals surface area contributed by atoms with Gasteiger partial charge in [0.25, 0.3) is 0 Å². The predicted molar refractivity (Wildman–Crippen MR) is 90.1 cm³/mol. The van der Waals surface area contributed by atoms with Gasteiger partial charge in [-0.05, 0) is 72.5 Å². The van der Waals surface area contributed by atoms with Crippen LogP contribution in [-0.2, 0) is 13.0 Å². The predicted octanol–water partition coefficient (Wildman–Crippen LogP) is 3.55. The number of nitrogens with zero attached hydrogens (tertiary/aromatic N) is 2. The maximum atomic E-state index is 4.50. The van der Waals surface area contributed by atoms with E-state index in [2.05, 4.69) is 57.7 Å². The minimum Gasteiger partial charge on any atom is -0.329 e. The molecule has 1 aromatic carbocycles. The molecule has 0 atom stereocenters. The van der Waals surface area contributed by atoms with Crippen LogP contribution in [-0.4, -0.2) is 22.6 Å². The molecule has 2 heterocycles. The van der Waals surface area contributed by atoms with Crippen LogP contribution in [0.1, 0.15) is 16.7 Å². The lowest BCUT2D eigenvalue weighted by atomic mass is 10.1. The van der Waals surface area contributed by atoms with E-state index in [-0.39, 0.29) is 0 Å². The maximum Gasteiger partial charge on any atom is 0.0958 e. The Morgan fingerprint density at radius 2 is 2.05 bits per heavy atom. The van der Waals surface area contributed by atoms with Crippen LogP contribution in [0.3, 0.4) is 0 Å². The second-order valence-corrected chi connectivity index (χ2v) is 6.27. The molecule has 0 fully saturated rings. The summed E-state index contributed by atoms with van der Waals surface area (Å²) in [5.41, 5.74) is 6.39. The third-order valence-electron chi connectivity index (χ3n) is 3.94. The van der Waals surface area contributed by atoms with E-state index in [1.54, 1.807) is 11.3 Å². The zero-order valence-electron chi connectivity index (χ0n) is 12.6. The van der Waals surface area contributed by atoms with Crippen molar-refractivity contribution in [3.63, 3.8) is 0 Å². The van der Waals surface area contributed by atoms with Crippen molar-refractivity contribution >= 4 is 22.4 Å². The highest BCUT2D eigenvalue weighted by Gasteiger charge is 2.04. The van der Waals surface area contributed by atoms with Crippen molar-refractivity contribution in [3.8, 4) is 0 Å². The molecule has 0 amide bonds. The molecule has 0 saturated heterocycles. The normalized spacial score (nSPS) is 11.3. The van der Waals surface area contributed by atoms with Crippen molar-refractivity contribution in [2.45, 2.75) is 26.8 Å². The molecule has 0 radical (unpaired) electrons. The minimum absolute atomic E-state index is 0.961. The third kappa shape index (κ3) is 3.34. The summed E-state index contributed by atoms with van der Waals surface area (Å²) in [6.45, 7) is 7.26. The summed E-state index contributed by atoms with van der Waals surface area (Å²) in [5, 5.41) is 7.86. The lowest BCUT2D eigenvalue weighted by Gasteiger charge is -2.07. The number of fused-ring (bicyclic) bond motifs is 1. The molecule has 1 N–H and O–H groups in total. The van der Waals surface area contributed by atoms with Gasteiger partial charge in [0, 0.05) is 13.1 Å². The van der Waals surface area contributed by atoms with E-state index in [0.29, 0.717) is 0 Å². The molecule has 0 aliphatic carbocycles. The third-order valence-corrected chi connectivity index (χ3v) is 4.67. The van der Waals surface area contributed by atoms with Gasteiger partial charge >= 0.3 is 0 Å². The van der Waals surface area contributed by atoms with Gasteiger partial charge in [-0.15, -0.1) is 0 Å². The largest absolute Gasteiger partial charge is 0.329 e. The first-order chi connectivity index (χ1) is 10.2. The van der Waals surface area contributed by atoms with E-state index in [1.807, 2.05) is 6.33 Å². The van der Waals surface area contributed by atoms with Gasteiger partial charge in [-0.25, -0.2) is 4.98 Å². The monoisotopic (exact) mass is 299 g/mol. The number of thiophene rings is 1. The molecule has 21 heavy (non-hydrogen) atoms. The summed E-state index contributed by atoms with van der Waals surface area (Å²) >= 11 is 1.77. The van der Waals surface area contributed by atoms with E-state index in [1.165, 1.54) is 22.2 Å². The molecule has 0 saturated carbocycles. The van der Waals surface area contributed by atoms with Crippen LogP contribution in [0, 0.1) is 13.8 Å². The fraction of sp³-hybridized carbons (Fsp3) is 0.353. The first-order valence-electron chi connectivity index (χ1n) is 7.38. The number of rotatable bonds is 6. The molecule has 110 valence electrons. The van der Waals surface area contributed by atoms with E-state index < -0.39 is 0 Å². The van der Waals surface area contributed by atoms with Gasteiger partial charge < -0.3 is 9.88 Å². The molecule has 4 heteroatoms. The summed E-state index contributed by atoms with van der Waals surface area (Å²) in [7, 11) is 0. The summed E-state index contributed by atoms with van der Waals surface area (Å²) in [4.78, 5) is 4.50. The van der Waals surface area contributed by atoms with Crippen LogP contribution in [0.4, 0.5) is 0 Å². The second kappa shape index (κ2) is 6.41. The number of aromatic nitrogens is 2. The second-order valence-electron chi connectivity index (χ2n) is 5.49. The van der Waals surface area contributed by atoms with Crippen LogP contribution < -0.4 is 5.32 Å². The average molecular weight is 299 g/mol. The van der Waals surface area contributed by atoms with Crippen LogP contribution in [0.15, 0.2) is 35.3 Å². The summed E-state index contributed by atoms with van der Waals surface area (Å²) in [6.07, 6.45) is 3.05. The zero-order chi connectivity index (χ0) is 14.7. The van der Waals surface area contributed by atoms with Gasteiger partial charge in [0.15, 0.2) is 0 Å². The Kier molecular flexibility index (Phi) is 4.36. The smallest absolute Gasteiger partial charge is 0.0958 e. The number of benzene rings is 1. The van der Waals surface area contributed by atoms with Crippen molar-refractivity contribution in [1.29, 1.82) is 0 Å². The maximum absolute atomic E-state index is 4.50. The number of aryl methyl sites for hydroxylation is 2. The number of hydrogen-bond donors (Lipinski definition) is 1. The standard InChI is InChI=1S/C17H21N3S/c1-13-9-16-17(10-14(13)2)20(12-19-16)7-6-18-5-3-15-4-8-21-11-15/h4,8-12,18H,3,5-7H2,1-2H3. The number of hydrogen-bond acceptors (Lipinski definition) is 3. The molecular formula is C17H21N3S. The van der Waals surface area contributed by atoms with Crippen molar-refractivity contribution < 1.29 is 0 Å². The highest BCUT2D eigenvalue weighted by Crippen LogP contribution is 2.18. The molecule has 3 nitrogen and oxygen atoms in total. The quantitative estimate of drug-likeness (QED) is 0.706. The molecule has 3 rings (SSSR count). The first-order valence-corrected chi connectivity index (χ1v) is 8.32. The lowest BCUT2D eigenvalue weighted by Crippen LogP contribution is -2.22. The van der Waals surface area contributed by atoms with Gasteiger partial charge in [-0.2, -0.15) is 11.3 Å². The van der Waals surface area contributed by atoms with Crippen LogP contribution in [0.2, 0.25) is 0 Å². The van der Waals surface area contributed by atoms with Crippen LogP contribution >= 0.6 is 11.3 Å². The van der Waals surface area contributed by atoms with E-state index in [0.717, 1.165) is 31.6 Å². The molecule has 0 aliphatic heterocycles. The topological polar surface area (TPSA) is 29.9 Å². The van der Waals surface area contributed by atoms with Crippen LogP contribution in [0.5, 0.6) is 0 Å². The molecule has 0 spiro atoms. The summed E-state index contributed by atoms with van der Waals surface area (Å²) < 4.78 is 2.24. The van der Waals surface area contributed by atoms with E-state index >= 15 is 0 Å². The fourth-order valence-electron chi connectivity index (χ4n) is 2.48. The Labute approximate surface area is 129 Å².